The normalized spacial score (nSPS) is 9.83. The molecule has 0 unspecified atom stereocenters. The van der Waals surface area contributed by atoms with Gasteiger partial charge in [0.05, 0.1) is 0 Å². The van der Waals surface area contributed by atoms with Crippen molar-refractivity contribution in [2.24, 2.45) is 0 Å². The van der Waals surface area contributed by atoms with Crippen LogP contribution in [0.4, 0.5) is 0 Å². The first-order valence-electron chi connectivity index (χ1n) is 0.783. The van der Waals surface area contributed by atoms with E-state index >= 15 is 0 Å². The van der Waals surface area contributed by atoms with Gasteiger partial charge in [0, 0.05) is 21.1 Å². The molecule has 4 nitrogen and oxygen atoms in total. The van der Waals surface area contributed by atoms with Crippen LogP contribution in [0.25, 0.3) is 0 Å². The second kappa shape index (κ2) is 2.89. The maximum Gasteiger partial charge on any atom is 0.466 e. The standard InChI is InChI=1S/H3O4P.W/c1-5(2,3)4;/h(H3,1,2,3,4);. The molecular formula is H3O4PW. The molecule has 0 aliphatic carbocycles. The average molecular weight is 282 g/mol. The van der Waals surface area contributed by atoms with Gasteiger partial charge in [-0.15, -0.1) is 0 Å². The first-order chi connectivity index (χ1) is 2.00. The third-order valence-electron chi connectivity index (χ3n) is 0. The van der Waals surface area contributed by atoms with Crippen molar-refractivity contribution in [3.05, 3.63) is 0 Å². The van der Waals surface area contributed by atoms with Gasteiger partial charge in [-0.05, 0) is 0 Å². The smallest absolute Gasteiger partial charge is 0.303 e. The van der Waals surface area contributed by atoms with Crippen molar-refractivity contribution < 1.29 is 40.3 Å². The van der Waals surface area contributed by atoms with Crippen molar-refractivity contribution >= 4 is 7.82 Å². The van der Waals surface area contributed by atoms with E-state index in [4.69, 9.17) is 19.2 Å². The maximum atomic E-state index is 8.88. The summed E-state index contributed by atoms with van der Waals surface area (Å²) in [5, 5.41) is 0. The first-order valence-corrected chi connectivity index (χ1v) is 2.35. The van der Waals surface area contributed by atoms with Crippen molar-refractivity contribution in [1.29, 1.82) is 0 Å². The number of hydrogen-bond acceptors (Lipinski definition) is 1. The largest absolute Gasteiger partial charge is 0.466 e. The number of phosphoric acid groups is 1. The molecule has 6 heavy (non-hydrogen) atoms. The monoisotopic (exact) mass is 282 g/mol. The molecule has 3 N–H and O–H groups in total. The molecule has 38 valence electrons. The topological polar surface area (TPSA) is 77.8 Å². The minimum Gasteiger partial charge on any atom is -0.303 e. The Labute approximate surface area is 48.7 Å². The van der Waals surface area contributed by atoms with Crippen LogP contribution in [0.2, 0.25) is 0 Å². The zero-order valence-electron chi connectivity index (χ0n) is 2.61. The Morgan fingerprint density at radius 3 is 1.17 bits per heavy atom. The molecule has 0 bridgehead atoms. The Balaban J connectivity index is 0. The van der Waals surface area contributed by atoms with Crippen molar-refractivity contribution in [3.63, 3.8) is 0 Å². The molecule has 0 amide bonds. The van der Waals surface area contributed by atoms with Gasteiger partial charge in [-0.3, -0.25) is 0 Å². The summed E-state index contributed by atoms with van der Waals surface area (Å²) in [6.07, 6.45) is 0. The maximum absolute atomic E-state index is 8.88. The predicted molar refractivity (Wildman–Crippen MR) is 14.3 cm³/mol. The molecule has 0 aromatic carbocycles. The van der Waals surface area contributed by atoms with E-state index in [0.717, 1.165) is 0 Å². The van der Waals surface area contributed by atoms with E-state index in [1.54, 1.807) is 0 Å². The number of rotatable bonds is 0. The molecule has 0 atom stereocenters. The second-order valence-electron chi connectivity index (χ2n) is 0.513. The quantitative estimate of drug-likeness (QED) is 0.502. The van der Waals surface area contributed by atoms with Crippen molar-refractivity contribution in [1.82, 2.24) is 0 Å². The Bertz CT molecular complexity index is 53.7. The fraction of sp³-hybridized carbons (Fsp3) is 0. The molecule has 0 aromatic rings. The Kier molecular flexibility index (Phi) is 4.78. The Hall–Kier alpha value is 0.798. The molecule has 0 aliphatic heterocycles. The molecule has 0 rings (SSSR count). The zero-order chi connectivity index (χ0) is 4.50. The fourth-order valence-electron chi connectivity index (χ4n) is 0. The van der Waals surface area contributed by atoms with Gasteiger partial charge in [-0.25, -0.2) is 4.57 Å². The van der Waals surface area contributed by atoms with Crippen LogP contribution in [0.1, 0.15) is 0 Å². The summed E-state index contributed by atoms with van der Waals surface area (Å²) in [5.41, 5.74) is 0. The molecule has 0 saturated carbocycles. The summed E-state index contributed by atoms with van der Waals surface area (Å²) in [7, 11) is -4.64. The minimum absolute atomic E-state index is 0. The summed E-state index contributed by atoms with van der Waals surface area (Å²) in [6.45, 7) is 0. The molecular weight excluding hydrogens is 279 g/mol. The van der Waals surface area contributed by atoms with Crippen LogP contribution in [0.5, 0.6) is 0 Å². The minimum atomic E-state index is -4.64. The van der Waals surface area contributed by atoms with E-state index in [0.29, 0.717) is 0 Å². The van der Waals surface area contributed by atoms with E-state index in [-0.39, 0.29) is 21.1 Å². The van der Waals surface area contributed by atoms with Crippen LogP contribution >= 0.6 is 7.82 Å². The van der Waals surface area contributed by atoms with Crippen LogP contribution in [0, 0.1) is 0 Å². The average Bonchev–Trinajstić information content (AvgIpc) is 0.722. The van der Waals surface area contributed by atoms with E-state index in [1.807, 2.05) is 0 Å². The van der Waals surface area contributed by atoms with Gasteiger partial charge in [0.2, 0.25) is 0 Å². The number of hydrogen-bond donors (Lipinski definition) is 3. The van der Waals surface area contributed by atoms with E-state index in [9.17, 15) is 0 Å². The van der Waals surface area contributed by atoms with Crippen LogP contribution in [-0.2, 0) is 25.6 Å². The van der Waals surface area contributed by atoms with Gasteiger partial charge in [0.1, 0.15) is 0 Å². The molecule has 0 aromatic heterocycles. The SMILES string of the molecule is O=P(O)(O)O.[W]. The Morgan fingerprint density at radius 2 is 1.17 bits per heavy atom. The third-order valence-corrected chi connectivity index (χ3v) is 0. The van der Waals surface area contributed by atoms with Gasteiger partial charge in [0.25, 0.3) is 0 Å². The van der Waals surface area contributed by atoms with Gasteiger partial charge in [0.15, 0.2) is 0 Å². The summed E-state index contributed by atoms with van der Waals surface area (Å²) in [4.78, 5) is 21.6. The van der Waals surface area contributed by atoms with Crippen molar-refractivity contribution in [3.8, 4) is 0 Å². The van der Waals surface area contributed by atoms with E-state index in [2.05, 4.69) is 0 Å². The summed E-state index contributed by atoms with van der Waals surface area (Å²) in [6, 6.07) is 0. The van der Waals surface area contributed by atoms with Crippen LogP contribution in [0.3, 0.4) is 0 Å². The summed E-state index contributed by atoms with van der Waals surface area (Å²) < 4.78 is 8.88. The zero-order valence-corrected chi connectivity index (χ0v) is 6.43. The fourth-order valence-corrected chi connectivity index (χ4v) is 0. The third kappa shape index (κ3) is 109. The van der Waals surface area contributed by atoms with Crippen LogP contribution < -0.4 is 0 Å². The summed E-state index contributed by atoms with van der Waals surface area (Å²) >= 11 is 0. The first kappa shape index (κ1) is 9.93. The van der Waals surface area contributed by atoms with E-state index < -0.39 is 7.82 Å². The van der Waals surface area contributed by atoms with Gasteiger partial charge in [-0.1, -0.05) is 0 Å². The summed E-state index contributed by atoms with van der Waals surface area (Å²) in [5.74, 6) is 0. The predicted octanol–water partition coefficient (Wildman–Crippen LogP) is -0.931. The molecule has 0 spiro atoms. The van der Waals surface area contributed by atoms with Crippen LogP contribution in [0.15, 0.2) is 0 Å². The Morgan fingerprint density at radius 1 is 1.17 bits per heavy atom. The molecule has 0 saturated heterocycles. The van der Waals surface area contributed by atoms with Crippen molar-refractivity contribution in [2.75, 3.05) is 0 Å². The molecule has 0 radical (unpaired) electrons. The van der Waals surface area contributed by atoms with E-state index in [1.165, 1.54) is 0 Å². The molecule has 0 aliphatic rings. The van der Waals surface area contributed by atoms with Gasteiger partial charge in [-0.2, -0.15) is 0 Å². The van der Waals surface area contributed by atoms with Gasteiger partial charge >= 0.3 is 7.82 Å². The molecule has 6 heteroatoms. The van der Waals surface area contributed by atoms with Gasteiger partial charge < -0.3 is 14.7 Å². The molecule has 0 heterocycles. The molecule has 0 fully saturated rings. The second-order valence-corrected chi connectivity index (χ2v) is 1.54. The van der Waals surface area contributed by atoms with Crippen LogP contribution in [-0.4, -0.2) is 14.7 Å². The van der Waals surface area contributed by atoms with Crippen molar-refractivity contribution in [2.45, 2.75) is 0 Å².